The highest BCUT2D eigenvalue weighted by Crippen LogP contribution is 2.26. The molecule has 28 heavy (non-hydrogen) atoms. The van der Waals surface area contributed by atoms with Crippen LogP contribution in [0.1, 0.15) is 24.7 Å². The Morgan fingerprint density at radius 1 is 1.25 bits per heavy atom. The lowest BCUT2D eigenvalue weighted by molar-refractivity contribution is -0.149. The first-order valence-corrected chi connectivity index (χ1v) is 9.11. The van der Waals surface area contributed by atoms with Crippen LogP contribution in [0.5, 0.6) is 0 Å². The summed E-state index contributed by atoms with van der Waals surface area (Å²) in [5.74, 6) is -0.359. The van der Waals surface area contributed by atoms with Gasteiger partial charge in [0.1, 0.15) is 0 Å². The number of ether oxygens (including phenoxy) is 1. The highest BCUT2D eigenvalue weighted by atomic mass is 16.5. The molecule has 1 saturated heterocycles. The van der Waals surface area contributed by atoms with Crippen LogP contribution in [0.4, 0.5) is 17.6 Å². The Balaban J connectivity index is 1.61. The quantitative estimate of drug-likeness (QED) is 0.739. The fourth-order valence-corrected chi connectivity index (χ4v) is 2.97. The fourth-order valence-electron chi connectivity index (χ4n) is 2.97. The molecule has 1 aliphatic heterocycles. The number of hydrogen-bond donors (Lipinski definition) is 1. The van der Waals surface area contributed by atoms with Gasteiger partial charge in [0.2, 0.25) is 17.8 Å². The van der Waals surface area contributed by atoms with E-state index in [2.05, 4.69) is 21.9 Å². The molecule has 2 N–H and O–H groups in total. The highest BCUT2D eigenvalue weighted by Gasteiger charge is 2.36. The predicted octanol–water partition coefficient (Wildman–Crippen LogP) is 1.18. The van der Waals surface area contributed by atoms with Crippen molar-refractivity contribution < 1.29 is 14.3 Å². The summed E-state index contributed by atoms with van der Waals surface area (Å²) < 4.78 is 5.33. The number of esters is 1. The molecule has 3 rings (SSSR count). The van der Waals surface area contributed by atoms with Gasteiger partial charge in [-0.25, -0.2) is 0 Å². The Bertz CT molecular complexity index is 868. The van der Waals surface area contributed by atoms with Gasteiger partial charge in [0.15, 0.2) is 12.4 Å². The van der Waals surface area contributed by atoms with Gasteiger partial charge in [-0.05, 0) is 24.1 Å². The molecule has 1 unspecified atom stereocenters. The number of nitrogens with two attached hydrogens (primary N) is 1. The monoisotopic (exact) mass is 384 g/mol. The summed E-state index contributed by atoms with van der Waals surface area (Å²) in [7, 11) is 3.55. The van der Waals surface area contributed by atoms with Gasteiger partial charge < -0.3 is 20.3 Å². The van der Waals surface area contributed by atoms with Crippen molar-refractivity contribution in [2.45, 2.75) is 26.4 Å². The summed E-state index contributed by atoms with van der Waals surface area (Å²) in [4.78, 5) is 40.3. The third-order valence-corrected chi connectivity index (χ3v) is 4.55. The molecule has 0 bridgehead atoms. The Labute approximate surface area is 163 Å². The molecule has 9 heteroatoms. The maximum atomic E-state index is 12.4. The third-order valence-electron chi connectivity index (χ3n) is 4.55. The lowest BCUT2D eigenvalue weighted by Crippen LogP contribution is -2.26. The maximum Gasteiger partial charge on any atom is 0.311 e. The summed E-state index contributed by atoms with van der Waals surface area (Å²) in [6.45, 7) is 2.25. The van der Waals surface area contributed by atoms with E-state index in [1.165, 1.54) is 5.56 Å². The summed E-state index contributed by atoms with van der Waals surface area (Å²) in [5.41, 5.74) is 7.65. The number of rotatable bonds is 6. The van der Waals surface area contributed by atoms with Crippen molar-refractivity contribution in [3.05, 3.63) is 35.7 Å². The molecule has 1 aromatic heterocycles. The molecule has 1 amide bonds. The van der Waals surface area contributed by atoms with Gasteiger partial charge in [0.05, 0.1) is 5.92 Å². The molecular formula is C19H24N6O3. The molecule has 1 fully saturated rings. The van der Waals surface area contributed by atoms with Crippen LogP contribution in [0.3, 0.4) is 0 Å². The van der Waals surface area contributed by atoms with Crippen molar-refractivity contribution in [2.24, 2.45) is 5.92 Å². The topological polar surface area (TPSA) is 115 Å². The Hall–Kier alpha value is -3.23. The smallest absolute Gasteiger partial charge is 0.311 e. The first-order valence-electron chi connectivity index (χ1n) is 9.11. The van der Waals surface area contributed by atoms with Crippen molar-refractivity contribution >= 4 is 29.5 Å². The zero-order valence-electron chi connectivity index (χ0n) is 16.3. The first kappa shape index (κ1) is 19.5. The number of amides is 1. The molecule has 9 nitrogen and oxygen atoms in total. The van der Waals surface area contributed by atoms with Crippen LogP contribution < -0.4 is 15.5 Å². The van der Waals surface area contributed by atoms with Gasteiger partial charge in [-0.2, -0.15) is 15.0 Å². The van der Waals surface area contributed by atoms with E-state index in [9.17, 15) is 9.59 Å². The van der Waals surface area contributed by atoms with Crippen LogP contribution in [0, 0.1) is 5.92 Å². The molecule has 0 aliphatic carbocycles. The van der Waals surface area contributed by atoms with E-state index in [-0.39, 0.29) is 30.7 Å². The second kappa shape index (κ2) is 8.20. The van der Waals surface area contributed by atoms with Crippen LogP contribution in [-0.2, 0) is 27.4 Å². The number of anilines is 3. The minimum Gasteiger partial charge on any atom is -0.457 e. The molecular weight excluding hydrogens is 360 g/mol. The molecule has 1 atom stereocenters. The van der Waals surface area contributed by atoms with Crippen LogP contribution in [0.15, 0.2) is 24.3 Å². The summed E-state index contributed by atoms with van der Waals surface area (Å²) in [6.07, 6.45) is 1.05. The zero-order chi connectivity index (χ0) is 20.3. The highest BCUT2D eigenvalue weighted by molar-refractivity contribution is 5.99. The maximum absolute atomic E-state index is 12.4. The van der Waals surface area contributed by atoms with Gasteiger partial charge in [-0.1, -0.05) is 19.1 Å². The fraction of sp³-hybridized carbons (Fsp3) is 0.421. The molecule has 0 spiro atoms. The van der Waals surface area contributed by atoms with Crippen LogP contribution >= 0.6 is 0 Å². The van der Waals surface area contributed by atoms with Gasteiger partial charge in [0, 0.05) is 32.7 Å². The Kier molecular flexibility index (Phi) is 5.72. The van der Waals surface area contributed by atoms with Crippen LogP contribution in [0.25, 0.3) is 0 Å². The molecule has 1 aromatic carbocycles. The summed E-state index contributed by atoms with van der Waals surface area (Å²) in [6, 6.07) is 7.78. The van der Waals surface area contributed by atoms with E-state index in [1.54, 1.807) is 23.9 Å². The molecule has 2 heterocycles. The minimum absolute atomic E-state index is 0.0579. The predicted molar refractivity (Wildman–Crippen MR) is 105 cm³/mol. The Morgan fingerprint density at radius 2 is 1.96 bits per heavy atom. The van der Waals surface area contributed by atoms with E-state index in [4.69, 9.17) is 10.5 Å². The number of nitrogens with zero attached hydrogens (tertiary/aromatic N) is 5. The lowest BCUT2D eigenvalue weighted by atomic mass is 10.1. The van der Waals surface area contributed by atoms with Crippen LogP contribution in [-0.4, -0.2) is 47.5 Å². The van der Waals surface area contributed by atoms with Gasteiger partial charge in [0.25, 0.3) is 0 Å². The van der Waals surface area contributed by atoms with Crippen molar-refractivity contribution in [1.29, 1.82) is 0 Å². The molecule has 148 valence electrons. The van der Waals surface area contributed by atoms with Crippen LogP contribution in [0.2, 0.25) is 0 Å². The average Bonchev–Trinajstić information content (AvgIpc) is 3.07. The summed E-state index contributed by atoms with van der Waals surface area (Å²) in [5, 5.41) is 0. The number of benzene rings is 1. The SMILES string of the molecule is CCc1ccc(N2CC(C(=O)OCc3nc(N)nc(N(C)C)n3)CC2=O)cc1. The number of hydrogen-bond acceptors (Lipinski definition) is 8. The zero-order valence-corrected chi connectivity index (χ0v) is 16.3. The van der Waals surface area contributed by atoms with E-state index in [0.29, 0.717) is 12.5 Å². The molecule has 2 aromatic rings. The number of carbonyl (C=O) groups is 2. The third kappa shape index (κ3) is 4.36. The molecule has 0 radical (unpaired) electrons. The van der Waals surface area contributed by atoms with E-state index in [1.807, 2.05) is 24.3 Å². The molecule has 0 saturated carbocycles. The average molecular weight is 384 g/mol. The number of carbonyl (C=O) groups excluding carboxylic acids is 2. The van der Waals surface area contributed by atoms with Crippen molar-refractivity contribution in [3.8, 4) is 0 Å². The molecule has 1 aliphatic rings. The number of nitrogen functional groups attached to an aromatic ring is 1. The van der Waals surface area contributed by atoms with E-state index >= 15 is 0 Å². The van der Waals surface area contributed by atoms with Crippen molar-refractivity contribution in [3.63, 3.8) is 0 Å². The lowest BCUT2D eigenvalue weighted by Gasteiger charge is -2.17. The van der Waals surface area contributed by atoms with Gasteiger partial charge in [-0.3, -0.25) is 9.59 Å². The second-order valence-electron chi connectivity index (χ2n) is 6.84. The minimum atomic E-state index is -0.522. The van der Waals surface area contributed by atoms with Gasteiger partial charge in [-0.15, -0.1) is 0 Å². The van der Waals surface area contributed by atoms with E-state index < -0.39 is 11.9 Å². The largest absolute Gasteiger partial charge is 0.457 e. The van der Waals surface area contributed by atoms with Crippen molar-refractivity contribution in [2.75, 3.05) is 36.2 Å². The standard InChI is InChI=1S/C19H24N6O3/c1-4-12-5-7-14(8-6-12)25-10-13(9-16(25)26)17(27)28-11-15-21-18(20)23-19(22-15)24(2)3/h5-8,13H,4,9-11H2,1-3H3,(H2,20,21,22,23). The second-order valence-corrected chi connectivity index (χ2v) is 6.84. The summed E-state index contributed by atoms with van der Waals surface area (Å²) >= 11 is 0. The number of aryl methyl sites for hydroxylation is 1. The van der Waals surface area contributed by atoms with Gasteiger partial charge >= 0.3 is 5.97 Å². The normalized spacial score (nSPS) is 16.3. The Morgan fingerprint density at radius 3 is 2.61 bits per heavy atom. The van der Waals surface area contributed by atoms with Crippen molar-refractivity contribution in [1.82, 2.24) is 15.0 Å². The van der Waals surface area contributed by atoms with E-state index in [0.717, 1.165) is 12.1 Å². The number of aromatic nitrogens is 3. The first-order chi connectivity index (χ1) is 13.4.